The molecule has 1 saturated heterocycles. The molecule has 4 rings (SSSR count). The van der Waals surface area contributed by atoms with Crippen LogP contribution in [0.1, 0.15) is 21.7 Å². The normalized spacial score (nSPS) is 14.7. The molecule has 170 valence electrons. The van der Waals surface area contributed by atoms with Gasteiger partial charge in [-0.1, -0.05) is 17.7 Å². The van der Waals surface area contributed by atoms with Gasteiger partial charge in [-0.05, 0) is 62.5 Å². The topological polar surface area (TPSA) is 77.8 Å². The Hall–Kier alpha value is -3.84. The number of piperazine rings is 1. The van der Waals surface area contributed by atoms with Crippen molar-refractivity contribution in [3.8, 4) is 0 Å². The number of anilines is 2. The van der Waals surface area contributed by atoms with Crippen molar-refractivity contribution in [1.29, 1.82) is 0 Å². The highest BCUT2D eigenvalue weighted by molar-refractivity contribution is 6.10. The van der Waals surface area contributed by atoms with Crippen molar-refractivity contribution in [3.63, 3.8) is 0 Å². The summed E-state index contributed by atoms with van der Waals surface area (Å²) in [7, 11) is 2.13. The Morgan fingerprint density at radius 2 is 1.73 bits per heavy atom. The van der Waals surface area contributed by atoms with Gasteiger partial charge in [0.2, 0.25) is 0 Å². The number of hydrogen-bond donors (Lipinski definition) is 2. The molecule has 33 heavy (non-hydrogen) atoms. The predicted octanol–water partition coefficient (Wildman–Crippen LogP) is 3.75. The standard InChI is InChI=1S/C26H28N4O3/c1-19-5-3-6-20(17-19)25(31)28-24(18-23-7-4-16-33-23)26(32)27-21-8-10-22(11-9-21)30-14-12-29(2)13-15-30/h3-11,16-18H,12-15H2,1-2H3,(H,27,32)(H,28,31)/b24-18-. The van der Waals surface area contributed by atoms with Crippen molar-refractivity contribution in [2.45, 2.75) is 6.92 Å². The molecule has 0 spiro atoms. The minimum atomic E-state index is -0.431. The third-order valence-corrected chi connectivity index (χ3v) is 5.60. The second kappa shape index (κ2) is 10.2. The molecule has 0 atom stereocenters. The number of nitrogens with zero attached hydrogens (tertiary/aromatic N) is 2. The third kappa shape index (κ3) is 5.90. The van der Waals surface area contributed by atoms with Crippen LogP contribution in [0, 0.1) is 6.92 Å². The smallest absolute Gasteiger partial charge is 0.272 e. The van der Waals surface area contributed by atoms with Crippen LogP contribution in [-0.2, 0) is 4.79 Å². The van der Waals surface area contributed by atoms with Crippen LogP contribution in [0.15, 0.2) is 77.0 Å². The Balaban J connectivity index is 1.48. The molecule has 1 aromatic heterocycles. The number of hydrogen-bond acceptors (Lipinski definition) is 5. The van der Waals surface area contributed by atoms with Gasteiger partial charge in [-0.25, -0.2) is 0 Å². The number of nitrogens with one attached hydrogen (secondary N) is 2. The fraction of sp³-hybridized carbons (Fsp3) is 0.231. The average Bonchev–Trinajstić information content (AvgIpc) is 3.33. The number of amides is 2. The molecule has 2 heterocycles. The molecule has 3 aromatic rings. The summed E-state index contributed by atoms with van der Waals surface area (Å²) in [6, 6.07) is 18.4. The Labute approximate surface area is 193 Å². The van der Waals surface area contributed by atoms with Gasteiger partial charge < -0.3 is 24.9 Å². The zero-order chi connectivity index (χ0) is 23.2. The first kappa shape index (κ1) is 22.4. The van der Waals surface area contributed by atoms with Crippen LogP contribution < -0.4 is 15.5 Å². The number of likely N-dealkylation sites (N-methyl/N-ethyl adjacent to an activating group) is 1. The summed E-state index contributed by atoms with van der Waals surface area (Å²) in [5.74, 6) is -0.327. The molecule has 2 amide bonds. The molecule has 1 aliphatic rings. The van der Waals surface area contributed by atoms with Crippen molar-refractivity contribution < 1.29 is 14.0 Å². The van der Waals surface area contributed by atoms with Crippen LogP contribution in [-0.4, -0.2) is 49.9 Å². The van der Waals surface area contributed by atoms with E-state index in [0.29, 0.717) is 17.0 Å². The first-order valence-electron chi connectivity index (χ1n) is 11.0. The van der Waals surface area contributed by atoms with Crippen molar-refractivity contribution >= 4 is 29.3 Å². The maximum Gasteiger partial charge on any atom is 0.272 e. The summed E-state index contributed by atoms with van der Waals surface area (Å²) in [5.41, 5.74) is 3.31. The Morgan fingerprint density at radius 3 is 2.39 bits per heavy atom. The lowest BCUT2D eigenvalue weighted by molar-refractivity contribution is -0.113. The summed E-state index contributed by atoms with van der Waals surface area (Å²) >= 11 is 0. The molecule has 0 bridgehead atoms. The van der Waals surface area contributed by atoms with Gasteiger partial charge in [0.25, 0.3) is 11.8 Å². The van der Waals surface area contributed by atoms with E-state index < -0.39 is 5.91 Å². The highest BCUT2D eigenvalue weighted by Crippen LogP contribution is 2.20. The second-order valence-electron chi connectivity index (χ2n) is 8.19. The Bertz CT molecular complexity index is 1130. The van der Waals surface area contributed by atoms with E-state index in [1.165, 1.54) is 12.3 Å². The van der Waals surface area contributed by atoms with E-state index in [-0.39, 0.29) is 11.6 Å². The molecule has 1 fully saturated rings. The molecule has 2 aromatic carbocycles. The minimum Gasteiger partial charge on any atom is -0.465 e. The van der Waals surface area contributed by atoms with E-state index in [2.05, 4.69) is 27.5 Å². The summed E-state index contributed by atoms with van der Waals surface area (Å²) < 4.78 is 5.34. The molecule has 2 N–H and O–H groups in total. The van der Waals surface area contributed by atoms with Crippen LogP contribution in [0.3, 0.4) is 0 Å². The molecule has 1 aliphatic heterocycles. The zero-order valence-electron chi connectivity index (χ0n) is 18.9. The maximum atomic E-state index is 13.0. The van der Waals surface area contributed by atoms with E-state index in [1.54, 1.807) is 24.3 Å². The molecule has 0 saturated carbocycles. The Morgan fingerprint density at radius 1 is 0.970 bits per heavy atom. The fourth-order valence-electron chi connectivity index (χ4n) is 3.67. The van der Waals surface area contributed by atoms with E-state index in [4.69, 9.17) is 4.42 Å². The van der Waals surface area contributed by atoms with E-state index in [1.807, 2.05) is 43.3 Å². The van der Waals surface area contributed by atoms with Gasteiger partial charge in [0.15, 0.2) is 0 Å². The number of benzene rings is 2. The van der Waals surface area contributed by atoms with Crippen molar-refractivity contribution in [3.05, 3.63) is 89.5 Å². The molecule has 0 radical (unpaired) electrons. The molecule has 0 aliphatic carbocycles. The van der Waals surface area contributed by atoms with Crippen LogP contribution in [0.4, 0.5) is 11.4 Å². The van der Waals surface area contributed by atoms with Crippen LogP contribution >= 0.6 is 0 Å². The van der Waals surface area contributed by atoms with Gasteiger partial charge in [-0.2, -0.15) is 0 Å². The summed E-state index contributed by atoms with van der Waals surface area (Å²) in [4.78, 5) is 30.4. The van der Waals surface area contributed by atoms with Crippen LogP contribution in [0.2, 0.25) is 0 Å². The average molecular weight is 445 g/mol. The third-order valence-electron chi connectivity index (χ3n) is 5.60. The Kier molecular flexibility index (Phi) is 6.90. The predicted molar refractivity (Wildman–Crippen MR) is 130 cm³/mol. The van der Waals surface area contributed by atoms with Gasteiger partial charge in [0, 0.05) is 49.2 Å². The summed E-state index contributed by atoms with van der Waals surface area (Å²) in [6.07, 6.45) is 3.03. The second-order valence-corrected chi connectivity index (χ2v) is 8.19. The molecule has 0 unspecified atom stereocenters. The molecular formula is C26H28N4O3. The van der Waals surface area contributed by atoms with E-state index in [0.717, 1.165) is 37.4 Å². The fourth-order valence-corrected chi connectivity index (χ4v) is 3.67. The van der Waals surface area contributed by atoms with Crippen molar-refractivity contribution in [2.75, 3.05) is 43.4 Å². The lowest BCUT2D eigenvalue weighted by Crippen LogP contribution is -2.44. The van der Waals surface area contributed by atoms with Gasteiger partial charge in [-0.15, -0.1) is 0 Å². The number of aryl methyl sites for hydroxylation is 1. The lowest BCUT2D eigenvalue weighted by atomic mass is 10.1. The summed E-state index contributed by atoms with van der Waals surface area (Å²) in [6.45, 7) is 5.92. The first-order chi connectivity index (χ1) is 16.0. The highest BCUT2D eigenvalue weighted by atomic mass is 16.3. The van der Waals surface area contributed by atoms with Crippen molar-refractivity contribution in [1.82, 2.24) is 10.2 Å². The van der Waals surface area contributed by atoms with Gasteiger partial charge >= 0.3 is 0 Å². The number of carbonyl (C=O) groups is 2. The monoisotopic (exact) mass is 444 g/mol. The quantitative estimate of drug-likeness (QED) is 0.566. The summed E-state index contributed by atoms with van der Waals surface area (Å²) in [5, 5.41) is 5.59. The first-order valence-corrected chi connectivity index (χ1v) is 11.0. The van der Waals surface area contributed by atoms with Crippen LogP contribution in [0.25, 0.3) is 6.08 Å². The van der Waals surface area contributed by atoms with Crippen molar-refractivity contribution in [2.24, 2.45) is 0 Å². The SMILES string of the molecule is Cc1cccc(C(=O)N/C(=C\c2ccco2)C(=O)Nc2ccc(N3CCN(C)CC3)cc2)c1. The maximum absolute atomic E-state index is 13.0. The highest BCUT2D eigenvalue weighted by Gasteiger charge is 2.17. The van der Waals surface area contributed by atoms with Gasteiger partial charge in [-0.3, -0.25) is 9.59 Å². The number of furan rings is 1. The molecule has 7 heteroatoms. The number of carbonyl (C=O) groups excluding carboxylic acids is 2. The molecular weight excluding hydrogens is 416 g/mol. The largest absolute Gasteiger partial charge is 0.465 e. The zero-order valence-corrected chi connectivity index (χ0v) is 18.9. The lowest BCUT2D eigenvalue weighted by Gasteiger charge is -2.34. The minimum absolute atomic E-state index is 0.0969. The molecule has 7 nitrogen and oxygen atoms in total. The van der Waals surface area contributed by atoms with Crippen LogP contribution in [0.5, 0.6) is 0 Å². The van der Waals surface area contributed by atoms with E-state index >= 15 is 0 Å². The van der Waals surface area contributed by atoms with Gasteiger partial charge in [0.1, 0.15) is 11.5 Å². The van der Waals surface area contributed by atoms with E-state index in [9.17, 15) is 9.59 Å². The van der Waals surface area contributed by atoms with Gasteiger partial charge in [0.05, 0.1) is 6.26 Å². The number of rotatable bonds is 6.